The van der Waals surface area contributed by atoms with Gasteiger partial charge in [0.05, 0.1) is 17.7 Å². The molecule has 0 aliphatic heterocycles. The molecule has 0 aromatic heterocycles. The molecule has 0 heterocycles. The van der Waals surface area contributed by atoms with E-state index in [4.69, 9.17) is 9.84 Å². The Morgan fingerprint density at radius 2 is 2.29 bits per heavy atom. The molecule has 21 heavy (non-hydrogen) atoms. The first-order valence-electron chi connectivity index (χ1n) is 7.19. The van der Waals surface area contributed by atoms with E-state index in [-0.39, 0.29) is 24.7 Å². The Balaban J connectivity index is 2.18. The fraction of sp³-hybridized carbons (Fsp3) is 0.471. The van der Waals surface area contributed by atoms with Crippen LogP contribution in [0.5, 0.6) is 0 Å². The van der Waals surface area contributed by atoms with E-state index in [1.807, 2.05) is 19.1 Å². The van der Waals surface area contributed by atoms with E-state index >= 15 is 0 Å². The van der Waals surface area contributed by atoms with E-state index in [2.05, 4.69) is 17.2 Å². The van der Waals surface area contributed by atoms with Crippen LogP contribution in [0.1, 0.15) is 40.7 Å². The van der Waals surface area contributed by atoms with E-state index in [0.717, 1.165) is 24.8 Å². The van der Waals surface area contributed by atoms with Crippen LogP contribution in [-0.4, -0.2) is 36.9 Å². The number of aryl methyl sites for hydroxylation is 1. The zero-order valence-corrected chi connectivity index (χ0v) is 12.5. The molecule has 0 saturated heterocycles. The maximum absolute atomic E-state index is 12.5. The van der Waals surface area contributed by atoms with Crippen molar-refractivity contribution in [1.29, 1.82) is 0 Å². The third-order valence-electron chi connectivity index (χ3n) is 3.79. The van der Waals surface area contributed by atoms with E-state index in [1.165, 1.54) is 0 Å². The number of ether oxygens (including phenoxy) is 1. The summed E-state index contributed by atoms with van der Waals surface area (Å²) in [5.74, 6) is 5.31. The number of nitrogens with one attached hydrogen (secondary N) is 1. The molecule has 112 valence electrons. The highest BCUT2D eigenvalue weighted by molar-refractivity contribution is 5.97. The molecule has 0 spiro atoms. The lowest BCUT2D eigenvalue weighted by molar-refractivity contribution is 0.0722. The number of benzene rings is 1. The first kappa shape index (κ1) is 15.6. The monoisotopic (exact) mass is 287 g/mol. The van der Waals surface area contributed by atoms with Crippen LogP contribution in [0, 0.1) is 18.8 Å². The number of rotatable bonds is 3. The maximum atomic E-state index is 12.5. The summed E-state index contributed by atoms with van der Waals surface area (Å²) < 4.78 is 5.40. The van der Waals surface area contributed by atoms with Crippen LogP contribution < -0.4 is 5.32 Å². The molecule has 1 saturated carbocycles. The SMILES string of the molecule is COC1CCCC1NC(=O)c1ccc(C)cc1C#CCO. The van der Waals surface area contributed by atoms with Crippen LogP contribution in [0.4, 0.5) is 0 Å². The molecule has 4 heteroatoms. The Bertz CT molecular complexity index is 571. The van der Waals surface area contributed by atoms with Crippen molar-refractivity contribution < 1.29 is 14.6 Å². The molecule has 1 fully saturated rings. The molecule has 1 aliphatic rings. The highest BCUT2D eigenvalue weighted by atomic mass is 16.5. The molecule has 4 nitrogen and oxygen atoms in total. The Hall–Kier alpha value is -1.83. The van der Waals surface area contributed by atoms with Crippen molar-refractivity contribution in [2.24, 2.45) is 0 Å². The molecular weight excluding hydrogens is 266 g/mol. The van der Waals surface area contributed by atoms with E-state index in [1.54, 1.807) is 13.2 Å². The molecule has 2 atom stereocenters. The van der Waals surface area contributed by atoms with Gasteiger partial charge in [0, 0.05) is 12.7 Å². The quantitative estimate of drug-likeness (QED) is 0.831. The van der Waals surface area contributed by atoms with Gasteiger partial charge in [0.1, 0.15) is 6.61 Å². The van der Waals surface area contributed by atoms with Crippen molar-refractivity contribution in [3.8, 4) is 11.8 Å². The minimum absolute atomic E-state index is 0.0578. The summed E-state index contributed by atoms with van der Waals surface area (Å²) in [6, 6.07) is 5.59. The Labute approximate surface area is 125 Å². The van der Waals surface area contributed by atoms with Gasteiger partial charge in [-0.15, -0.1) is 0 Å². The molecule has 2 rings (SSSR count). The summed E-state index contributed by atoms with van der Waals surface area (Å²) in [4.78, 5) is 12.5. The molecule has 1 aliphatic carbocycles. The van der Waals surface area contributed by atoms with Crippen LogP contribution in [0.3, 0.4) is 0 Å². The van der Waals surface area contributed by atoms with E-state index in [9.17, 15) is 4.79 Å². The molecule has 2 N–H and O–H groups in total. The van der Waals surface area contributed by atoms with Gasteiger partial charge >= 0.3 is 0 Å². The van der Waals surface area contributed by atoms with Crippen LogP contribution in [0.15, 0.2) is 18.2 Å². The first-order valence-corrected chi connectivity index (χ1v) is 7.19. The smallest absolute Gasteiger partial charge is 0.252 e. The third kappa shape index (κ3) is 3.84. The zero-order valence-electron chi connectivity index (χ0n) is 12.5. The van der Waals surface area contributed by atoms with Crippen LogP contribution in [0.2, 0.25) is 0 Å². The van der Waals surface area contributed by atoms with Crippen LogP contribution in [0.25, 0.3) is 0 Å². The highest BCUT2D eigenvalue weighted by Crippen LogP contribution is 2.22. The van der Waals surface area contributed by atoms with Gasteiger partial charge in [0.2, 0.25) is 0 Å². The average Bonchev–Trinajstić information content (AvgIpc) is 2.92. The fourth-order valence-corrected chi connectivity index (χ4v) is 2.71. The summed E-state index contributed by atoms with van der Waals surface area (Å²) in [7, 11) is 1.68. The molecular formula is C17H21NO3. The Kier molecular flexibility index (Phi) is 5.38. The van der Waals surface area contributed by atoms with Gasteiger partial charge < -0.3 is 15.2 Å². The number of hydrogen-bond donors (Lipinski definition) is 2. The predicted octanol–water partition coefficient (Wildman–Crippen LogP) is 1.64. The topological polar surface area (TPSA) is 58.6 Å². The lowest BCUT2D eigenvalue weighted by atomic mass is 10.0. The van der Waals surface area contributed by atoms with Crippen molar-refractivity contribution in [2.75, 3.05) is 13.7 Å². The Morgan fingerprint density at radius 1 is 1.48 bits per heavy atom. The summed E-state index contributed by atoms with van der Waals surface area (Å²) in [6.45, 7) is 1.73. The molecule has 1 amide bonds. The molecule has 1 aromatic rings. The summed E-state index contributed by atoms with van der Waals surface area (Å²) in [5, 5.41) is 11.9. The average molecular weight is 287 g/mol. The van der Waals surface area contributed by atoms with E-state index < -0.39 is 0 Å². The lowest BCUT2D eigenvalue weighted by Crippen LogP contribution is -2.41. The van der Waals surface area contributed by atoms with Crippen molar-refractivity contribution in [1.82, 2.24) is 5.32 Å². The lowest BCUT2D eigenvalue weighted by Gasteiger charge is -2.20. The normalized spacial score (nSPS) is 20.7. The number of aliphatic hydroxyl groups excluding tert-OH is 1. The van der Waals surface area contributed by atoms with Crippen molar-refractivity contribution in [3.05, 3.63) is 34.9 Å². The van der Waals surface area contributed by atoms with Gasteiger partial charge in [-0.2, -0.15) is 0 Å². The number of carbonyl (C=O) groups is 1. The van der Waals surface area contributed by atoms with Gasteiger partial charge in [-0.05, 0) is 43.9 Å². The summed E-state index contributed by atoms with van der Waals surface area (Å²) in [5.41, 5.74) is 2.22. The highest BCUT2D eigenvalue weighted by Gasteiger charge is 2.29. The summed E-state index contributed by atoms with van der Waals surface area (Å²) >= 11 is 0. The van der Waals surface area contributed by atoms with Crippen LogP contribution >= 0.6 is 0 Å². The first-order chi connectivity index (χ1) is 10.2. The fourth-order valence-electron chi connectivity index (χ4n) is 2.71. The second kappa shape index (κ2) is 7.26. The van der Waals surface area contributed by atoms with Crippen molar-refractivity contribution in [2.45, 2.75) is 38.3 Å². The number of hydrogen-bond acceptors (Lipinski definition) is 3. The number of aliphatic hydroxyl groups is 1. The van der Waals surface area contributed by atoms with Gasteiger partial charge in [0.25, 0.3) is 5.91 Å². The Morgan fingerprint density at radius 3 is 3.00 bits per heavy atom. The van der Waals surface area contributed by atoms with Crippen molar-refractivity contribution in [3.63, 3.8) is 0 Å². The maximum Gasteiger partial charge on any atom is 0.252 e. The molecule has 2 unspecified atom stereocenters. The molecule has 0 bridgehead atoms. The zero-order chi connectivity index (χ0) is 15.2. The summed E-state index contributed by atoms with van der Waals surface area (Å²) in [6.07, 6.45) is 3.07. The number of carbonyl (C=O) groups excluding carboxylic acids is 1. The number of methoxy groups -OCH3 is 1. The number of amides is 1. The van der Waals surface area contributed by atoms with Crippen LogP contribution in [-0.2, 0) is 4.74 Å². The third-order valence-corrected chi connectivity index (χ3v) is 3.79. The minimum atomic E-state index is -0.219. The molecule has 1 aromatic carbocycles. The largest absolute Gasteiger partial charge is 0.384 e. The van der Waals surface area contributed by atoms with Gasteiger partial charge in [-0.1, -0.05) is 17.9 Å². The predicted molar refractivity (Wildman–Crippen MR) is 81.0 cm³/mol. The van der Waals surface area contributed by atoms with Crippen molar-refractivity contribution >= 4 is 5.91 Å². The van der Waals surface area contributed by atoms with Gasteiger partial charge in [-0.25, -0.2) is 0 Å². The minimum Gasteiger partial charge on any atom is -0.384 e. The second-order valence-corrected chi connectivity index (χ2v) is 5.29. The van der Waals surface area contributed by atoms with Gasteiger partial charge in [0.15, 0.2) is 0 Å². The second-order valence-electron chi connectivity index (χ2n) is 5.29. The standard InChI is InChI=1S/C17H21NO3/c1-12-8-9-14(13(11-12)5-4-10-19)17(20)18-15-6-3-7-16(15)21-2/h8-9,11,15-16,19H,3,6-7,10H2,1-2H3,(H,18,20). The van der Waals surface area contributed by atoms with Gasteiger partial charge in [-0.3, -0.25) is 4.79 Å². The molecule has 0 radical (unpaired) electrons. The van der Waals surface area contributed by atoms with E-state index in [0.29, 0.717) is 11.1 Å².